The van der Waals surface area contributed by atoms with Gasteiger partial charge in [0.25, 0.3) is 0 Å². The highest BCUT2D eigenvalue weighted by Crippen LogP contribution is 2.09. The van der Waals surface area contributed by atoms with Crippen LogP contribution in [-0.2, 0) is 11.3 Å². The molecule has 5 heteroatoms. The van der Waals surface area contributed by atoms with E-state index in [0.29, 0.717) is 17.8 Å². The zero-order valence-electron chi connectivity index (χ0n) is 11.1. The molecule has 0 amide bonds. The number of rotatable bonds is 4. The molecule has 1 aromatic carbocycles. The van der Waals surface area contributed by atoms with Crippen LogP contribution in [0.15, 0.2) is 47.4 Å². The highest BCUT2D eigenvalue weighted by Gasteiger charge is 2.08. The van der Waals surface area contributed by atoms with Gasteiger partial charge in [-0.2, -0.15) is 0 Å². The summed E-state index contributed by atoms with van der Waals surface area (Å²) < 4.78 is 6.80. The van der Waals surface area contributed by atoms with E-state index in [0.717, 1.165) is 0 Å². The summed E-state index contributed by atoms with van der Waals surface area (Å²) in [5, 5.41) is 9.53. The molecule has 104 valence electrons. The van der Waals surface area contributed by atoms with E-state index in [4.69, 9.17) is 4.74 Å². The third-order valence-electron chi connectivity index (χ3n) is 2.99. The minimum absolute atomic E-state index is 0.164. The van der Waals surface area contributed by atoms with Crippen molar-refractivity contribution >= 4 is 5.97 Å². The van der Waals surface area contributed by atoms with Crippen LogP contribution in [0.25, 0.3) is 0 Å². The Kier molecular flexibility index (Phi) is 4.20. The van der Waals surface area contributed by atoms with Crippen LogP contribution >= 0.6 is 0 Å². The zero-order chi connectivity index (χ0) is 14.5. The Labute approximate surface area is 116 Å². The SMILES string of the molecule is Cc1c(O)c(=O)ccn1CCOC(=O)c1ccccc1. The Morgan fingerprint density at radius 3 is 2.65 bits per heavy atom. The van der Waals surface area contributed by atoms with Gasteiger partial charge in [-0.3, -0.25) is 4.79 Å². The van der Waals surface area contributed by atoms with E-state index in [2.05, 4.69) is 0 Å². The average molecular weight is 273 g/mol. The molecule has 0 atom stereocenters. The molecule has 0 unspecified atom stereocenters. The maximum Gasteiger partial charge on any atom is 0.338 e. The van der Waals surface area contributed by atoms with Crippen LogP contribution in [0.4, 0.5) is 0 Å². The van der Waals surface area contributed by atoms with E-state index in [1.807, 2.05) is 6.07 Å². The second kappa shape index (κ2) is 6.06. The largest absolute Gasteiger partial charge is 0.503 e. The molecule has 20 heavy (non-hydrogen) atoms. The number of aromatic nitrogens is 1. The number of carbonyl (C=O) groups is 1. The molecule has 0 fully saturated rings. The lowest BCUT2D eigenvalue weighted by atomic mass is 10.2. The summed E-state index contributed by atoms with van der Waals surface area (Å²) in [6.07, 6.45) is 1.56. The van der Waals surface area contributed by atoms with Crippen molar-refractivity contribution in [1.29, 1.82) is 0 Å². The summed E-state index contributed by atoms with van der Waals surface area (Å²) in [5.41, 5.74) is 0.528. The fourth-order valence-electron chi connectivity index (χ4n) is 1.80. The van der Waals surface area contributed by atoms with Crippen LogP contribution in [0.1, 0.15) is 16.1 Å². The fourth-order valence-corrected chi connectivity index (χ4v) is 1.80. The van der Waals surface area contributed by atoms with Gasteiger partial charge in [-0.25, -0.2) is 4.79 Å². The molecule has 1 heterocycles. The molecule has 0 saturated heterocycles. The molecule has 0 aliphatic rings. The first-order valence-corrected chi connectivity index (χ1v) is 6.21. The Bertz CT molecular complexity index is 661. The Hall–Kier alpha value is -2.56. The second-order valence-corrected chi connectivity index (χ2v) is 4.31. The highest BCUT2D eigenvalue weighted by molar-refractivity contribution is 5.89. The summed E-state index contributed by atoms with van der Waals surface area (Å²) >= 11 is 0. The smallest absolute Gasteiger partial charge is 0.338 e. The Balaban J connectivity index is 1.96. The summed E-state index contributed by atoms with van der Waals surface area (Å²) in [6.45, 7) is 2.17. The van der Waals surface area contributed by atoms with Gasteiger partial charge in [0.1, 0.15) is 6.61 Å². The van der Waals surface area contributed by atoms with Crippen molar-refractivity contribution in [3.05, 3.63) is 64.1 Å². The summed E-state index contributed by atoms with van der Waals surface area (Å²) in [7, 11) is 0. The number of carbonyl (C=O) groups excluding carboxylic acids is 1. The Morgan fingerprint density at radius 1 is 1.25 bits per heavy atom. The highest BCUT2D eigenvalue weighted by atomic mass is 16.5. The lowest BCUT2D eigenvalue weighted by molar-refractivity contribution is 0.0490. The van der Waals surface area contributed by atoms with Crippen LogP contribution in [-0.4, -0.2) is 22.2 Å². The van der Waals surface area contributed by atoms with Crippen LogP contribution in [0.3, 0.4) is 0 Å². The number of hydrogen-bond acceptors (Lipinski definition) is 4. The first-order chi connectivity index (χ1) is 9.59. The molecule has 0 aliphatic heterocycles. The third kappa shape index (κ3) is 3.06. The lowest BCUT2D eigenvalue weighted by Crippen LogP contribution is -2.15. The van der Waals surface area contributed by atoms with Crippen molar-refractivity contribution in [2.24, 2.45) is 0 Å². The van der Waals surface area contributed by atoms with E-state index in [9.17, 15) is 14.7 Å². The molecule has 2 rings (SSSR count). The predicted octanol–water partition coefficient (Wildman–Crippen LogP) is 1.72. The molecule has 0 saturated carbocycles. The quantitative estimate of drug-likeness (QED) is 0.861. The second-order valence-electron chi connectivity index (χ2n) is 4.31. The average Bonchev–Trinajstić information content (AvgIpc) is 2.48. The topological polar surface area (TPSA) is 68.5 Å². The molecule has 0 bridgehead atoms. The van der Waals surface area contributed by atoms with Crippen LogP contribution in [0.5, 0.6) is 5.75 Å². The van der Waals surface area contributed by atoms with Gasteiger partial charge in [0.15, 0.2) is 5.75 Å². The maximum absolute atomic E-state index is 11.7. The normalized spacial score (nSPS) is 10.2. The van der Waals surface area contributed by atoms with Crippen molar-refractivity contribution in [1.82, 2.24) is 4.57 Å². The standard InChI is InChI=1S/C15H15NO4/c1-11-14(18)13(17)7-8-16(11)9-10-20-15(19)12-5-3-2-4-6-12/h2-8,18H,9-10H2,1H3. The zero-order valence-corrected chi connectivity index (χ0v) is 11.1. The van der Waals surface area contributed by atoms with Crippen LogP contribution < -0.4 is 5.43 Å². The van der Waals surface area contributed by atoms with E-state index < -0.39 is 11.4 Å². The molecule has 5 nitrogen and oxygen atoms in total. The lowest BCUT2D eigenvalue weighted by Gasteiger charge is -2.11. The minimum Gasteiger partial charge on any atom is -0.503 e. The van der Waals surface area contributed by atoms with E-state index in [1.165, 1.54) is 6.07 Å². The molecule has 0 radical (unpaired) electrons. The number of aromatic hydroxyl groups is 1. The first kappa shape index (κ1) is 13.9. The van der Waals surface area contributed by atoms with Gasteiger partial charge >= 0.3 is 5.97 Å². The van der Waals surface area contributed by atoms with Gasteiger partial charge in [-0.05, 0) is 19.1 Å². The van der Waals surface area contributed by atoms with Gasteiger partial charge in [-0.15, -0.1) is 0 Å². The van der Waals surface area contributed by atoms with E-state index >= 15 is 0 Å². The predicted molar refractivity (Wildman–Crippen MR) is 73.8 cm³/mol. The molecule has 0 spiro atoms. The number of benzene rings is 1. The maximum atomic E-state index is 11.7. The van der Waals surface area contributed by atoms with Gasteiger partial charge in [0, 0.05) is 12.3 Å². The van der Waals surface area contributed by atoms with Gasteiger partial charge in [0.2, 0.25) is 5.43 Å². The van der Waals surface area contributed by atoms with Crippen molar-refractivity contribution in [3.8, 4) is 5.75 Å². The van der Waals surface area contributed by atoms with E-state index in [-0.39, 0.29) is 12.4 Å². The number of pyridine rings is 1. The number of nitrogens with zero attached hydrogens (tertiary/aromatic N) is 1. The molecule has 0 aliphatic carbocycles. The Morgan fingerprint density at radius 2 is 1.95 bits per heavy atom. The monoisotopic (exact) mass is 273 g/mol. The molecule has 2 aromatic rings. The van der Waals surface area contributed by atoms with Crippen molar-refractivity contribution in [3.63, 3.8) is 0 Å². The number of ether oxygens (including phenoxy) is 1. The van der Waals surface area contributed by atoms with Gasteiger partial charge < -0.3 is 14.4 Å². The molecular formula is C15H15NO4. The van der Waals surface area contributed by atoms with Crippen LogP contribution in [0, 0.1) is 6.92 Å². The summed E-state index contributed by atoms with van der Waals surface area (Å²) in [4.78, 5) is 22.9. The fraction of sp³-hybridized carbons (Fsp3) is 0.200. The van der Waals surface area contributed by atoms with Crippen molar-refractivity contribution < 1.29 is 14.6 Å². The minimum atomic E-state index is -0.417. The van der Waals surface area contributed by atoms with Gasteiger partial charge in [0.05, 0.1) is 17.8 Å². The van der Waals surface area contributed by atoms with E-state index in [1.54, 1.807) is 42.0 Å². The summed E-state index contributed by atoms with van der Waals surface area (Å²) in [5.74, 6) is -0.671. The van der Waals surface area contributed by atoms with Gasteiger partial charge in [-0.1, -0.05) is 18.2 Å². The number of hydrogen-bond donors (Lipinski definition) is 1. The molecular weight excluding hydrogens is 258 g/mol. The molecule has 1 N–H and O–H groups in total. The first-order valence-electron chi connectivity index (χ1n) is 6.21. The summed E-state index contributed by atoms with van der Waals surface area (Å²) in [6, 6.07) is 9.99. The van der Waals surface area contributed by atoms with Crippen LogP contribution in [0.2, 0.25) is 0 Å². The molecule has 1 aromatic heterocycles. The third-order valence-corrected chi connectivity index (χ3v) is 2.99. The van der Waals surface area contributed by atoms with Crippen molar-refractivity contribution in [2.75, 3.05) is 6.61 Å². The van der Waals surface area contributed by atoms with Crippen molar-refractivity contribution in [2.45, 2.75) is 13.5 Å². The number of esters is 1.